The Morgan fingerprint density at radius 3 is 2.74 bits per heavy atom. The number of hydrogen-bond donors (Lipinski definition) is 0. The zero-order valence-corrected chi connectivity index (χ0v) is 13.6. The molecule has 23 heavy (non-hydrogen) atoms. The Hall–Kier alpha value is -1.88. The minimum atomic E-state index is -0.333. The molecule has 124 valence electrons. The number of amides is 1. The van der Waals surface area contributed by atoms with Gasteiger partial charge in [-0.05, 0) is 50.9 Å². The van der Waals surface area contributed by atoms with Crippen LogP contribution in [0.5, 0.6) is 0 Å². The van der Waals surface area contributed by atoms with E-state index in [1.807, 2.05) is 30.3 Å². The minimum absolute atomic E-state index is 0.0276. The van der Waals surface area contributed by atoms with Crippen LogP contribution in [0, 0.1) is 0 Å². The Balaban J connectivity index is 1.41. The molecule has 2 saturated heterocycles. The van der Waals surface area contributed by atoms with E-state index in [0.717, 1.165) is 24.9 Å². The fourth-order valence-electron chi connectivity index (χ4n) is 3.15. The first kappa shape index (κ1) is 16.0. The van der Waals surface area contributed by atoms with Crippen molar-refractivity contribution in [1.82, 2.24) is 9.91 Å². The topological polar surface area (TPSA) is 45.1 Å². The molecule has 0 spiro atoms. The summed E-state index contributed by atoms with van der Waals surface area (Å²) in [5.74, 6) is 0. The van der Waals surface area contributed by atoms with Crippen LogP contribution >= 0.6 is 0 Å². The highest BCUT2D eigenvalue weighted by Gasteiger charge is 2.30. The minimum Gasteiger partial charge on any atom is -0.443 e. The summed E-state index contributed by atoms with van der Waals surface area (Å²) in [4.78, 5) is 14.4. The number of carbonyl (C=O) groups is 1. The first-order valence-corrected chi connectivity index (χ1v) is 8.61. The Morgan fingerprint density at radius 2 is 1.96 bits per heavy atom. The van der Waals surface area contributed by atoms with E-state index in [9.17, 15) is 4.79 Å². The van der Waals surface area contributed by atoms with Crippen molar-refractivity contribution in [3.63, 3.8) is 0 Å². The van der Waals surface area contributed by atoms with E-state index in [1.165, 1.54) is 37.4 Å². The van der Waals surface area contributed by atoms with Crippen LogP contribution in [0.1, 0.15) is 37.7 Å². The molecule has 5 heteroatoms. The molecule has 2 fully saturated rings. The molecule has 1 aromatic rings. The highest BCUT2D eigenvalue weighted by Crippen LogP contribution is 2.17. The van der Waals surface area contributed by atoms with Crippen LogP contribution in [0.3, 0.4) is 0 Å². The summed E-state index contributed by atoms with van der Waals surface area (Å²) in [5, 5.41) is 5.68. The SMILES string of the molecule is O=C1OC(CCCN2CCCCC2)CN1N=Cc1ccccc1. The van der Waals surface area contributed by atoms with Crippen LogP contribution in [0.2, 0.25) is 0 Å². The van der Waals surface area contributed by atoms with E-state index in [4.69, 9.17) is 4.74 Å². The molecule has 0 aliphatic carbocycles. The lowest BCUT2D eigenvalue weighted by molar-refractivity contribution is 0.124. The van der Waals surface area contributed by atoms with Crippen LogP contribution in [-0.4, -0.2) is 54.5 Å². The van der Waals surface area contributed by atoms with Crippen molar-refractivity contribution in [1.29, 1.82) is 0 Å². The maximum absolute atomic E-state index is 11.9. The van der Waals surface area contributed by atoms with Gasteiger partial charge in [-0.1, -0.05) is 36.8 Å². The Bertz CT molecular complexity index is 526. The third kappa shape index (κ3) is 4.79. The quantitative estimate of drug-likeness (QED) is 0.758. The monoisotopic (exact) mass is 315 g/mol. The maximum Gasteiger partial charge on any atom is 0.430 e. The first-order chi connectivity index (χ1) is 11.3. The second-order valence-corrected chi connectivity index (χ2v) is 6.29. The van der Waals surface area contributed by atoms with Gasteiger partial charge in [-0.25, -0.2) is 4.79 Å². The van der Waals surface area contributed by atoms with Crippen molar-refractivity contribution < 1.29 is 9.53 Å². The fraction of sp³-hybridized carbons (Fsp3) is 0.556. The molecular weight excluding hydrogens is 290 g/mol. The fourth-order valence-corrected chi connectivity index (χ4v) is 3.15. The number of hydrazone groups is 1. The number of benzene rings is 1. The number of piperidine rings is 1. The van der Waals surface area contributed by atoms with Gasteiger partial charge in [0.25, 0.3) is 0 Å². The lowest BCUT2D eigenvalue weighted by Crippen LogP contribution is -2.31. The maximum atomic E-state index is 11.9. The van der Waals surface area contributed by atoms with Gasteiger partial charge in [-0.3, -0.25) is 0 Å². The van der Waals surface area contributed by atoms with Gasteiger partial charge in [0, 0.05) is 0 Å². The number of cyclic esters (lactones) is 1. The van der Waals surface area contributed by atoms with Gasteiger partial charge in [0.05, 0.1) is 12.8 Å². The van der Waals surface area contributed by atoms with Crippen LogP contribution in [0.15, 0.2) is 35.4 Å². The average Bonchev–Trinajstić information content (AvgIpc) is 2.95. The summed E-state index contributed by atoms with van der Waals surface area (Å²) >= 11 is 0. The predicted molar refractivity (Wildman–Crippen MR) is 90.5 cm³/mol. The molecule has 1 atom stereocenters. The third-order valence-corrected chi connectivity index (χ3v) is 4.45. The molecule has 5 nitrogen and oxygen atoms in total. The van der Waals surface area contributed by atoms with Crippen LogP contribution < -0.4 is 0 Å². The molecule has 0 bridgehead atoms. The van der Waals surface area contributed by atoms with Gasteiger partial charge >= 0.3 is 6.09 Å². The molecule has 1 amide bonds. The molecule has 2 heterocycles. The standard InChI is InChI=1S/C18H25N3O2/c22-18-21(19-14-16-8-3-1-4-9-16)15-17(23-18)10-7-13-20-11-5-2-6-12-20/h1,3-4,8-9,14,17H,2,5-7,10-13,15H2. The van der Waals surface area contributed by atoms with Gasteiger partial charge in [-0.2, -0.15) is 10.1 Å². The second-order valence-electron chi connectivity index (χ2n) is 6.29. The lowest BCUT2D eigenvalue weighted by atomic mass is 10.1. The lowest BCUT2D eigenvalue weighted by Gasteiger charge is -2.26. The van der Waals surface area contributed by atoms with E-state index >= 15 is 0 Å². The summed E-state index contributed by atoms with van der Waals surface area (Å²) in [6.45, 7) is 4.11. The van der Waals surface area contributed by atoms with E-state index in [2.05, 4.69) is 10.0 Å². The van der Waals surface area contributed by atoms with Crippen LogP contribution in [0.25, 0.3) is 0 Å². The van der Waals surface area contributed by atoms with E-state index < -0.39 is 0 Å². The number of rotatable bonds is 6. The largest absolute Gasteiger partial charge is 0.443 e. The van der Waals surface area contributed by atoms with Crippen LogP contribution in [0.4, 0.5) is 4.79 Å². The molecule has 0 radical (unpaired) electrons. The van der Waals surface area contributed by atoms with Gasteiger partial charge in [0.15, 0.2) is 0 Å². The van der Waals surface area contributed by atoms with Crippen molar-refractivity contribution in [2.24, 2.45) is 5.10 Å². The number of ether oxygens (including phenoxy) is 1. The van der Waals surface area contributed by atoms with Crippen molar-refractivity contribution in [2.75, 3.05) is 26.2 Å². The van der Waals surface area contributed by atoms with Gasteiger partial charge < -0.3 is 9.64 Å². The van der Waals surface area contributed by atoms with Crippen LogP contribution in [-0.2, 0) is 4.74 Å². The molecule has 2 aliphatic rings. The average molecular weight is 315 g/mol. The molecule has 0 N–H and O–H groups in total. The highest BCUT2D eigenvalue weighted by atomic mass is 16.6. The molecule has 3 rings (SSSR count). The molecule has 1 unspecified atom stereocenters. The zero-order valence-electron chi connectivity index (χ0n) is 13.6. The molecule has 1 aromatic carbocycles. The van der Waals surface area contributed by atoms with Crippen molar-refractivity contribution in [3.8, 4) is 0 Å². The third-order valence-electron chi connectivity index (χ3n) is 4.45. The Morgan fingerprint density at radius 1 is 1.17 bits per heavy atom. The first-order valence-electron chi connectivity index (χ1n) is 8.61. The summed E-state index contributed by atoms with van der Waals surface area (Å²) in [7, 11) is 0. The normalized spacial score (nSPS) is 22.7. The Kier molecular flexibility index (Phi) is 5.64. The summed E-state index contributed by atoms with van der Waals surface area (Å²) in [6, 6.07) is 9.78. The second kappa shape index (κ2) is 8.11. The van der Waals surface area contributed by atoms with Crippen molar-refractivity contribution >= 4 is 12.3 Å². The number of nitrogens with zero attached hydrogens (tertiary/aromatic N) is 3. The Labute approximate surface area is 137 Å². The summed E-state index contributed by atoms with van der Waals surface area (Å²) in [6.07, 6.45) is 7.34. The zero-order chi connectivity index (χ0) is 15.9. The predicted octanol–water partition coefficient (Wildman–Crippen LogP) is 3.11. The van der Waals surface area contributed by atoms with E-state index in [-0.39, 0.29) is 12.2 Å². The number of hydrogen-bond acceptors (Lipinski definition) is 4. The smallest absolute Gasteiger partial charge is 0.430 e. The summed E-state index contributed by atoms with van der Waals surface area (Å²) < 4.78 is 5.41. The molecule has 0 saturated carbocycles. The van der Waals surface area contributed by atoms with Gasteiger partial charge in [0.2, 0.25) is 0 Å². The number of carbonyl (C=O) groups excluding carboxylic acids is 1. The van der Waals surface area contributed by atoms with E-state index in [0.29, 0.717) is 6.54 Å². The summed E-state index contributed by atoms with van der Waals surface area (Å²) in [5.41, 5.74) is 0.980. The van der Waals surface area contributed by atoms with Crippen molar-refractivity contribution in [2.45, 2.75) is 38.2 Å². The van der Waals surface area contributed by atoms with Gasteiger partial charge in [0.1, 0.15) is 6.10 Å². The number of likely N-dealkylation sites (tertiary alicyclic amines) is 1. The van der Waals surface area contributed by atoms with E-state index in [1.54, 1.807) is 6.21 Å². The van der Waals surface area contributed by atoms with Crippen molar-refractivity contribution in [3.05, 3.63) is 35.9 Å². The van der Waals surface area contributed by atoms with Gasteiger partial charge in [-0.15, -0.1) is 0 Å². The molecule has 2 aliphatic heterocycles. The highest BCUT2D eigenvalue weighted by molar-refractivity contribution is 5.81. The molecule has 0 aromatic heterocycles. The molecular formula is C18H25N3O2.